The molecule has 24 valence electrons. The molecule has 0 aromatic heterocycles. The molecule has 0 heterocycles. The summed E-state index contributed by atoms with van der Waals surface area (Å²) in [7, 11) is 0. The van der Waals surface area contributed by atoms with Crippen molar-refractivity contribution in [2.75, 3.05) is 0 Å². The minimum atomic E-state index is 0. The van der Waals surface area contributed by atoms with Crippen LogP contribution in [0.25, 0.3) is 0 Å². The van der Waals surface area contributed by atoms with E-state index in [2.05, 4.69) is 0 Å². The number of rotatable bonds is 0. The van der Waals surface area contributed by atoms with Gasteiger partial charge in [0.05, 0.1) is 0 Å². The second-order valence-electron chi connectivity index (χ2n) is 0. The van der Waals surface area contributed by atoms with E-state index in [0.29, 0.717) is 0 Å². The smallest absolute Gasteiger partial charge is 0 e. The Morgan fingerprint density at radius 2 is 0.750 bits per heavy atom. The fourth-order valence-electron chi connectivity index (χ4n) is 0. The molecule has 0 bridgehead atoms. The Labute approximate surface area is 51.0 Å². The molecule has 4 N–H and O–H groups in total. The van der Waals surface area contributed by atoms with E-state index in [1.54, 1.807) is 0 Å². The summed E-state index contributed by atoms with van der Waals surface area (Å²) in [5.74, 6) is 0. The monoisotopic (exact) mass is 228 g/mol. The van der Waals surface area contributed by atoms with Crippen molar-refractivity contribution in [3.63, 3.8) is 0 Å². The van der Waals surface area contributed by atoms with Gasteiger partial charge in [0.2, 0.25) is 0 Å². The molecule has 0 rings (SSSR count). The molecular formula is H5LiO2W. The van der Waals surface area contributed by atoms with Gasteiger partial charge in [0.25, 0.3) is 0 Å². The fraction of sp³-hybridized carbons (Fsp3) is 0. The van der Waals surface area contributed by atoms with E-state index in [0.717, 1.165) is 0 Å². The fourth-order valence-corrected chi connectivity index (χ4v) is 0. The topological polar surface area (TPSA) is 63.0 Å². The minimum absolute atomic E-state index is 0. The zero-order valence-corrected chi connectivity index (χ0v) is 4.34. The molecule has 0 amide bonds. The van der Waals surface area contributed by atoms with Gasteiger partial charge < -0.3 is 11.0 Å². The molecule has 0 atom stereocenters. The quantitative estimate of drug-likeness (QED) is 0.418. The molecule has 0 unspecified atom stereocenters. The summed E-state index contributed by atoms with van der Waals surface area (Å²) in [6.07, 6.45) is 0. The maximum atomic E-state index is 0. The zero-order chi connectivity index (χ0) is 0. The van der Waals surface area contributed by atoms with Crippen LogP contribution in [0.2, 0.25) is 0 Å². The summed E-state index contributed by atoms with van der Waals surface area (Å²) in [6.45, 7) is 0. The molecule has 0 aliphatic carbocycles. The first-order valence-electron chi connectivity index (χ1n) is 0. The van der Waals surface area contributed by atoms with Crippen LogP contribution in [0, 0.1) is 0 Å². The van der Waals surface area contributed by atoms with E-state index in [4.69, 9.17) is 0 Å². The van der Waals surface area contributed by atoms with Crippen LogP contribution >= 0.6 is 0 Å². The molecule has 0 saturated carbocycles. The molecule has 0 fully saturated rings. The van der Waals surface area contributed by atoms with Crippen LogP contribution in [0.3, 0.4) is 0 Å². The predicted octanol–water partition coefficient (Wildman–Crippen LogP) is -2.30. The molecule has 0 aromatic rings. The summed E-state index contributed by atoms with van der Waals surface area (Å²) in [6, 6.07) is 0. The van der Waals surface area contributed by atoms with Crippen molar-refractivity contribution in [2.45, 2.75) is 0 Å². The Morgan fingerprint density at radius 3 is 0.750 bits per heavy atom. The van der Waals surface area contributed by atoms with Crippen LogP contribution in [0.4, 0.5) is 0 Å². The molecule has 2 nitrogen and oxygen atoms in total. The van der Waals surface area contributed by atoms with Crippen LogP contribution in [0.5, 0.6) is 0 Å². The maximum Gasteiger partial charge on any atom is 0 e. The Balaban J connectivity index is 0. The Morgan fingerprint density at radius 1 is 0.750 bits per heavy atom. The van der Waals surface area contributed by atoms with E-state index >= 15 is 0 Å². The Kier molecular flexibility index (Phi) is 471. The van der Waals surface area contributed by atoms with Crippen molar-refractivity contribution in [2.24, 2.45) is 0 Å². The van der Waals surface area contributed by atoms with E-state index < -0.39 is 0 Å². The van der Waals surface area contributed by atoms with Crippen molar-refractivity contribution in [3.8, 4) is 0 Å². The van der Waals surface area contributed by atoms with E-state index in [1.807, 2.05) is 0 Å². The molecule has 4 heteroatoms. The van der Waals surface area contributed by atoms with Crippen molar-refractivity contribution in [1.29, 1.82) is 0 Å². The van der Waals surface area contributed by atoms with Crippen LogP contribution in [0.15, 0.2) is 0 Å². The average Bonchev–Trinajstić information content (AvgIpc) is 0. The van der Waals surface area contributed by atoms with Gasteiger partial charge in [-0.25, -0.2) is 0 Å². The standard InChI is InChI=1S/Li.2H2O.W.H/h;2*1H2;;. The summed E-state index contributed by atoms with van der Waals surface area (Å²) in [4.78, 5) is 0. The van der Waals surface area contributed by atoms with Gasteiger partial charge in [-0.2, -0.15) is 0 Å². The Bertz CT molecular complexity index is 6.00. The Hall–Kier alpha value is 1.21. The van der Waals surface area contributed by atoms with Gasteiger partial charge in [0, 0.05) is 21.1 Å². The predicted molar refractivity (Wildman–Crippen MR) is 14.4 cm³/mol. The SMILES string of the molecule is O.O.[LiH].[W]. The molecule has 0 aliphatic heterocycles. The van der Waals surface area contributed by atoms with Gasteiger partial charge in [0.15, 0.2) is 0 Å². The average molecular weight is 228 g/mol. The first-order chi connectivity index (χ1) is 0. The van der Waals surface area contributed by atoms with Crippen molar-refractivity contribution < 1.29 is 32.0 Å². The van der Waals surface area contributed by atoms with Crippen LogP contribution in [0.1, 0.15) is 0 Å². The van der Waals surface area contributed by atoms with Crippen LogP contribution in [-0.4, -0.2) is 29.8 Å². The summed E-state index contributed by atoms with van der Waals surface area (Å²) in [5.41, 5.74) is 0. The molecule has 0 saturated heterocycles. The van der Waals surface area contributed by atoms with Gasteiger partial charge in [-0.05, 0) is 0 Å². The van der Waals surface area contributed by atoms with E-state index in [-0.39, 0.29) is 50.9 Å². The number of hydrogen-bond acceptors (Lipinski definition) is 0. The van der Waals surface area contributed by atoms with Gasteiger partial charge >= 0.3 is 18.9 Å². The second kappa shape index (κ2) is 29.7. The molecule has 0 aromatic carbocycles. The normalized spacial score (nSPS) is 0. The minimum Gasteiger partial charge on any atom is 0 e. The molecule has 0 radical (unpaired) electrons. The molecule has 4 heavy (non-hydrogen) atoms. The first kappa shape index (κ1) is 63.3. The van der Waals surface area contributed by atoms with Crippen LogP contribution < -0.4 is 0 Å². The first-order valence-corrected chi connectivity index (χ1v) is 0. The largest absolute Gasteiger partial charge is 0 e. The van der Waals surface area contributed by atoms with Crippen molar-refractivity contribution in [3.05, 3.63) is 0 Å². The van der Waals surface area contributed by atoms with Gasteiger partial charge in [-0.15, -0.1) is 0 Å². The van der Waals surface area contributed by atoms with E-state index in [9.17, 15) is 0 Å². The molecular weight excluding hydrogens is 223 g/mol. The molecule has 0 spiro atoms. The van der Waals surface area contributed by atoms with Crippen LogP contribution in [-0.2, 0) is 21.1 Å². The van der Waals surface area contributed by atoms with Crippen molar-refractivity contribution >= 4 is 18.9 Å². The summed E-state index contributed by atoms with van der Waals surface area (Å²) >= 11 is 0. The van der Waals surface area contributed by atoms with Crippen molar-refractivity contribution in [1.82, 2.24) is 0 Å². The second-order valence-corrected chi connectivity index (χ2v) is 0. The third kappa shape index (κ3) is 10.7. The third-order valence-corrected chi connectivity index (χ3v) is 0. The van der Waals surface area contributed by atoms with Gasteiger partial charge in [0.1, 0.15) is 0 Å². The van der Waals surface area contributed by atoms with E-state index in [1.165, 1.54) is 0 Å². The summed E-state index contributed by atoms with van der Waals surface area (Å²) < 4.78 is 0. The maximum absolute atomic E-state index is 0. The third-order valence-electron chi connectivity index (χ3n) is 0. The zero-order valence-electron chi connectivity index (χ0n) is 1.41. The molecule has 0 aliphatic rings. The number of hydrogen-bond donors (Lipinski definition) is 0. The summed E-state index contributed by atoms with van der Waals surface area (Å²) in [5, 5.41) is 0. The van der Waals surface area contributed by atoms with Gasteiger partial charge in [-0.1, -0.05) is 0 Å². The van der Waals surface area contributed by atoms with Gasteiger partial charge in [-0.3, -0.25) is 0 Å².